The van der Waals surface area contributed by atoms with Crippen molar-refractivity contribution in [3.63, 3.8) is 0 Å². The second-order valence-electron chi connectivity index (χ2n) is 7.18. The lowest BCUT2D eigenvalue weighted by Crippen LogP contribution is -2.38. The van der Waals surface area contributed by atoms with Gasteiger partial charge in [-0.05, 0) is 43.5 Å². The van der Waals surface area contributed by atoms with E-state index in [0.29, 0.717) is 13.0 Å². The van der Waals surface area contributed by atoms with Crippen LogP contribution < -0.4 is 10.5 Å². The lowest BCUT2D eigenvalue weighted by Gasteiger charge is -2.35. The predicted molar refractivity (Wildman–Crippen MR) is 99.7 cm³/mol. The number of amides is 1. The molecule has 1 aromatic rings. The quantitative estimate of drug-likeness (QED) is 0.288. The smallest absolute Gasteiger partial charge is 0.292 e. The summed E-state index contributed by atoms with van der Waals surface area (Å²) >= 11 is 5.98. The Morgan fingerprint density at radius 1 is 1.40 bits per heavy atom. The lowest BCUT2D eigenvalue weighted by atomic mass is 10.1. The van der Waals surface area contributed by atoms with Crippen LogP contribution in [0.15, 0.2) is 12.1 Å². The summed E-state index contributed by atoms with van der Waals surface area (Å²) in [4.78, 5) is 31.9. The maximum absolute atomic E-state index is 11.3. The molecule has 0 radical (unpaired) electrons. The molecule has 0 spiro atoms. The molecule has 0 fully saturated rings. The molecule has 1 amide bonds. The van der Waals surface area contributed by atoms with Crippen LogP contribution in [0.25, 0.3) is 0 Å². The van der Waals surface area contributed by atoms with E-state index in [4.69, 9.17) is 22.1 Å². The van der Waals surface area contributed by atoms with Crippen molar-refractivity contribution in [3.8, 4) is 5.75 Å². The molecule has 7 nitrogen and oxygen atoms in total. The fraction of sp³-hybridized carbons (Fsp3) is 0.562. The number of halogens is 1. The highest BCUT2D eigenvalue weighted by molar-refractivity contribution is 6.72. The third-order valence-electron chi connectivity index (χ3n) is 4.61. The average molecular weight is 389 g/mol. The van der Waals surface area contributed by atoms with Gasteiger partial charge in [0.2, 0.25) is 5.91 Å². The molecule has 0 heterocycles. The molecule has 0 aliphatic carbocycles. The normalized spacial score (nSPS) is 12.1. The number of primary amides is 1. The van der Waals surface area contributed by atoms with Crippen LogP contribution in [0.2, 0.25) is 23.2 Å². The van der Waals surface area contributed by atoms with Crippen LogP contribution >= 0.6 is 11.6 Å². The highest BCUT2D eigenvalue weighted by Gasteiger charge is 2.37. The highest BCUT2D eigenvalue weighted by Crippen LogP contribution is 2.40. The first kappa shape index (κ1) is 21.4. The SMILES string of the molecule is CC(C)(CCCCOc1cc(C(N)=O)cc([N+](=O)[O-])c1Cl)[Si](C)(C)O. The van der Waals surface area contributed by atoms with Crippen molar-refractivity contribution < 1.29 is 19.3 Å². The number of nitrogens with zero attached hydrogens (tertiary/aromatic N) is 1. The van der Waals surface area contributed by atoms with Gasteiger partial charge in [-0.25, -0.2) is 0 Å². The van der Waals surface area contributed by atoms with Gasteiger partial charge in [0.25, 0.3) is 5.69 Å². The monoisotopic (exact) mass is 388 g/mol. The minimum atomic E-state index is -2.25. The Labute approximate surface area is 153 Å². The molecule has 25 heavy (non-hydrogen) atoms. The fourth-order valence-corrected chi connectivity index (χ4v) is 3.14. The van der Waals surface area contributed by atoms with E-state index in [1.807, 2.05) is 13.1 Å². The van der Waals surface area contributed by atoms with E-state index in [0.717, 1.165) is 18.9 Å². The Bertz CT molecular complexity index is 659. The van der Waals surface area contributed by atoms with Gasteiger partial charge in [-0.15, -0.1) is 0 Å². The van der Waals surface area contributed by atoms with Crippen LogP contribution in [-0.2, 0) is 0 Å². The summed E-state index contributed by atoms with van der Waals surface area (Å²) in [5.41, 5.74) is 4.74. The summed E-state index contributed by atoms with van der Waals surface area (Å²) < 4.78 is 5.52. The van der Waals surface area contributed by atoms with Gasteiger partial charge in [0.05, 0.1) is 11.5 Å². The van der Waals surface area contributed by atoms with Gasteiger partial charge < -0.3 is 15.3 Å². The van der Waals surface area contributed by atoms with Gasteiger partial charge >= 0.3 is 0 Å². The summed E-state index contributed by atoms with van der Waals surface area (Å²) in [5, 5.41) is 10.8. The molecule has 0 bridgehead atoms. The number of hydrogen-bond acceptors (Lipinski definition) is 5. The first-order valence-electron chi connectivity index (χ1n) is 8.00. The zero-order chi connectivity index (χ0) is 19.4. The van der Waals surface area contributed by atoms with Crippen LogP contribution in [0.4, 0.5) is 5.69 Å². The van der Waals surface area contributed by atoms with Gasteiger partial charge in [-0.3, -0.25) is 14.9 Å². The van der Waals surface area contributed by atoms with Crippen LogP contribution in [0.5, 0.6) is 5.75 Å². The van der Waals surface area contributed by atoms with Crippen LogP contribution in [0.3, 0.4) is 0 Å². The molecule has 3 N–H and O–H groups in total. The van der Waals surface area contributed by atoms with E-state index in [-0.39, 0.29) is 21.4 Å². The van der Waals surface area contributed by atoms with Gasteiger partial charge in [0.15, 0.2) is 13.3 Å². The van der Waals surface area contributed by atoms with Gasteiger partial charge in [-0.2, -0.15) is 0 Å². The Hall–Kier alpha value is -1.64. The van der Waals surface area contributed by atoms with Gasteiger partial charge in [-0.1, -0.05) is 25.4 Å². The van der Waals surface area contributed by atoms with Gasteiger partial charge in [0, 0.05) is 11.6 Å². The van der Waals surface area contributed by atoms with E-state index in [2.05, 4.69) is 13.8 Å². The Balaban J connectivity index is 2.72. The van der Waals surface area contributed by atoms with Crippen molar-refractivity contribution in [2.45, 2.75) is 51.2 Å². The summed E-state index contributed by atoms with van der Waals surface area (Å²) in [5.74, 6) is -0.720. The number of nitrogens with two attached hydrogens (primary N) is 1. The predicted octanol–water partition coefficient (Wildman–Crippen LogP) is 3.87. The number of nitro groups is 1. The molecule has 0 aromatic heterocycles. The third-order valence-corrected chi connectivity index (χ3v) is 8.55. The Morgan fingerprint density at radius 2 is 2.00 bits per heavy atom. The largest absolute Gasteiger partial charge is 0.492 e. The molecule has 9 heteroatoms. The summed E-state index contributed by atoms with van der Waals surface area (Å²) in [7, 11) is -2.25. The molecule has 0 saturated carbocycles. The molecule has 1 aromatic carbocycles. The maximum atomic E-state index is 11.3. The number of unbranched alkanes of at least 4 members (excludes halogenated alkanes) is 1. The van der Waals surface area contributed by atoms with Crippen LogP contribution in [-0.4, -0.2) is 30.6 Å². The molecule has 0 atom stereocenters. The summed E-state index contributed by atoms with van der Waals surface area (Å²) in [6, 6.07) is 2.35. The van der Waals surface area contributed by atoms with E-state index < -0.39 is 24.8 Å². The number of rotatable bonds is 9. The summed E-state index contributed by atoms with van der Waals surface area (Å²) in [6.07, 6.45) is 2.37. The molecule has 1 rings (SSSR count). The first-order valence-corrected chi connectivity index (χ1v) is 11.3. The molecular weight excluding hydrogens is 364 g/mol. The maximum Gasteiger partial charge on any atom is 0.292 e. The second kappa shape index (κ2) is 8.16. The summed E-state index contributed by atoms with van der Waals surface area (Å²) in [6.45, 7) is 8.23. The number of nitro benzene ring substituents is 1. The van der Waals surface area contributed by atoms with E-state index >= 15 is 0 Å². The van der Waals surface area contributed by atoms with Crippen LogP contribution in [0, 0.1) is 10.1 Å². The van der Waals surface area contributed by atoms with Crippen molar-refractivity contribution in [3.05, 3.63) is 32.8 Å². The van der Waals surface area contributed by atoms with Crippen LogP contribution in [0.1, 0.15) is 43.5 Å². The first-order chi connectivity index (χ1) is 11.4. The van der Waals surface area contributed by atoms with E-state index in [9.17, 15) is 19.7 Å². The number of carbonyl (C=O) groups is 1. The van der Waals surface area contributed by atoms with Crippen molar-refractivity contribution in [2.75, 3.05) is 6.61 Å². The van der Waals surface area contributed by atoms with Crippen molar-refractivity contribution in [1.82, 2.24) is 0 Å². The standard InChI is InChI=1S/C16H25ClN2O5Si/c1-16(2,25(3,4)23)7-5-6-8-24-13-10-11(15(18)20)9-12(14(13)17)19(21)22/h9-10,23H,5-8H2,1-4H3,(H2,18,20). The van der Waals surface area contributed by atoms with E-state index in [1.165, 1.54) is 6.07 Å². The van der Waals surface area contributed by atoms with E-state index in [1.54, 1.807) is 0 Å². The third kappa shape index (κ3) is 5.69. The minimum absolute atomic E-state index is 0.0275. The Morgan fingerprint density at radius 3 is 2.48 bits per heavy atom. The number of ether oxygens (including phenoxy) is 1. The number of carbonyl (C=O) groups excluding carboxylic acids is 1. The molecule has 0 aliphatic rings. The molecular formula is C16H25ClN2O5Si. The highest BCUT2D eigenvalue weighted by atomic mass is 35.5. The second-order valence-corrected chi connectivity index (χ2v) is 12.0. The topological polar surface area (TPSA) is 116 Å². The molecule has 0 unspecified atom stereocenters. The average Bonchev–Trinajstić information content (AvgIpc) is 2.46. The number of hydrogen-bond donors (Lipinski definition) is 2. The zero-order valence-electron chi connectivity index (χ0n) is 15.0. The van der Waals surface area contributed by atoms with Gasteiger partial charge in [0.1, 0.15) is 5.75 Å². The lowest BCUT2D eigenvalue weighted by molar-refractivity contribution is -0.384. The van der Waals surface area contributed by atoms with Crippen molar-refractivity contribution in [1.29, 1.82) is 0 Å². The van der Waals surface area contributed by atoms with Crippen molar-refractivity contribution in [2.24, 2.45) is 5.73 Å². The number of benzene rings is 1. The molecule has 0 aliphatic heterocycles. The minimum Gasteiger partial charge on any atom is -0.492 e. The fourth-order valence-electron chi connectivity index (χ4n) is 2.12. The Kier molecular flexibility index (Phi) is 6.98. The zero-order valence-corrected chi connectivity index (χ0v) is 16.7. The van der Waals surface area contributed by atoms with Crippen molar-refractivity contribution >= 4 is 31.5 Å². The molecule has 0 saturated heterocycles. The molecule has 140 valence electrons.